The molecular formula is C30H35N3O6. The van der Waals surface area contributed by atoms with Gasteiger partial charge in [-0.2, -0.15) is 0 Å². The van der Waals surface area contributed by atoms with E-state index in [2.05, 4.69) is 42.5 Å². The molecule has 3 aromatic rings. The van der Waals surface area contributed by atoms with Crippen molar-refractivity contribution in [3.8, 4) is 11.5 Å². The molecule has 1 unspecified atom stereocenters. The molecule has 4 N–H and O–H groups in total. The molecule has 1 heterocycles. The van der Waals surface area contributed by atoms with E-state index < -0.39 is 18.8 Å². The number of anilines is 2. The third-order valence-corrected chi connectivity index (χ3v) is 6.59. The number of aromatic nitrogens is 1. The molecule has 206 valence electrons. The van der Waals surface area contributed by atoms with Gasteiger partial charge in [0, 0.05) is 23.9 Å². The minimum Gasteiger partial charge on any atom is -0.457 e. The zero-order valence-corrected chi connectivity index (χ0v) is 22.4. The number of nitrogens with one attached hydrogen (secondary N) is 2. The SMILES string of the molecule is CC(C)(C)c1cccc(NC(=O)C2CCc3ccc(Oc4ccnc(NC(=O)OC[C@H](O)CO)c4)cc3C2)c1. The average molecular weight is 534 g/mol. The summed E-state index contributed by atoms with van der Waals surface area (Å²) in [6.45, 7) is 5.60. The summed E-state index contributed by atoms with van der Waals surface area (Å²) in [5, 5.41) is 23.7. The Hall–Kier alpha value is -3.95. The smallest absolute Gasteiger partial charge is 0.412 e. The average Bonchev–Trinajstić information content (AvgIpc) is 2.91. The molecule has 0 spiro atoms. The highest BCUT2D eigenvalue weighted by molar-refractivity contribution is 5.93. The lowest BCUT2D eigenvalue weighted by atomic mass is 9.83. The van der Waals surface area contributed by atoms with Crippen LogP contribution in [0.25, 0.3) is 0 Å². The molecule has 0 radical (unpaired) electrons. The first-order valence-corrected chi connectivity index (χ1v) is 13.0. The number of nitrogens with zero attached hydrogens (tertiary/aromatic N) is 1. The van der Waals surface area contributed by atoms with Gasteiger partial charge < -0.3 is 25.0 Å². The molecule has 1 aliphatic carbocycles. The van der Waals surface area contributed by atoms with Gasteiger partial charge in [0.25, 0.3) is 0 Å². The summed E-state index contributed by atoms with van der Waals surface area (Å²) in [6, 6.07) is 17.1. The lowest BCUT2D eigenvalue weighted by Crippen LogP contribution is -2.28. The highest BCUT2D eigenvalue weighted by atomic mass is 16.6. The number of aliphatic hydroxyl groups is 2. The molecule has 2 atom stereocenters. The van der Waals surface area contributed by atoms with Crippen LogP contribution in [-0.4, -0.2) is 46.5 Å². The minimum atomic E-state index is -1.15. The standard InChI is InChI=1S/C30H35N3O6/c1-30(2,3)22-5-4-6-23(15-22)32-28(36)20-8-7-19-9-10-25(14-21(19)13-20)39-26-11-12-31-27(16-26)33-29(37)38-18-24(35)17-34/h4-6,9-12,14-16,20,24,34-35H,7-8,13,17-18H2,1-3H3,(H,32,36)(H,31,33,37)/t20?,24-/m1/s1. The van der Waals surface area contributed by atoms with Crippen molar-refractivity contribution in [3.05, 3.63) is 77.5 Å². The van der Waals surface area contributed by atoms with Crippen molar-refractivity contribution < 1.29 is 29.3 Å². The van der Waals surface area contributed by atoms with Gasteiger partial charge in [-0.25, -0.2) is 9.78 Å². The van der Waals surface area contributed by atoms with Gasteiger partial charge in [0.1, 0.15) is 30.0 Å². The third kappa shape index (κ3) is 7.78. The summed E-state index contributed by atoms with van der Waals surface area (Å²) < 4.78 is 10.8. The largest absolute Gasteiger partial charge is 0.457 e. The Morgan fingerprint density at radius 2 is 1.85 bits per heavy atom. The van der Waals surface area contributed by atoms with Crippen molar-refractivity contribution in [2.45, 2.75) is 51.6 Å². The number of ether oxygens (including phenoxy) is 2. The van der Waals surface area contributed by atoms with Gasteiger partial charge in [0.2, 0.25) is 5.91 Å². The Morgan fingerprint density at radius 3 is 2.62 bits per heavy atom. The summed E-state index contributed by atoms with van der Waals surface area (Å²) in [4.78, 5) is 29.1. The molecule has 1 aromatic heterocycles. The van der Waals surface area contributed by atoms with Crippen LogP contribution in [0.1, 0.15) is 43.9 Å². The number of carbonyl (C=O) groups is 2. The van der Waals surface area contributed by atoms with Crippen molar-refractivity contribution in [3.63, 3.8) is 0 Å². The molecule has 2 amide bonds. The number of benzene rings is 2. The maximum Gasteiger partial charge on any atom is 0.412 e. The van der Waals surface area contributed by atoms with Crippen LogP contribution in [0.4, 0.5) is 16.3 Å². The highest BCUT2D eigenvalue weighted by Crippen LogP contribution is 2.32. The zero-order chi connectivity index (χ0) is 28.0. The van der Waals surface area contributed by atoms with Crippen LogP contribution in [0.15, 0.2) is 60.8 Å². The van der Waals surface area contributed by atoms with E-state index in [4.69, 9.17) is 14.6 Å². The van der Waals surface area contributed by atoms with E-state index in [-0.39, 0.29) is 29.7 Å². The van der Waals surface area contributed by atoms with Crippen molar-refractivity contribution in [1.82, 2.24) is 4.98 Å². The summed E-state index contributed by atoms with van der Waals surface area (Å²) in [7, 11) is 0. The van der Waals surface area contributed by atoms with E-state index in [9.17, 15) is 14.7 Å². The quantitative estimate of drug-likeness (QED) is 0.327. The monoisotopic (exact) mass is 533 g/mol. The van der Waals surface area contributed by atoms with E-state index in [0.717, 1.165) is 24.1 Å². The van der Waals surface area contributed by atoms with Crippen LogP contribution in [0.5, 0.6) is 11.5 Å². The van der Waals surface area contributed by atoms with Gasteiger partial charge in [-0.05, 0) is 71.7 Å². The van der Waals surface area contributed by atoms with Gasteiger partial charge in [-0.15, -0.1) is 0 Å². The molecule has 0 bridgehead atoms. The van der Waals surface area contributed by atoms with Crippen LogP contribution < -0.4 is 15.4 Å². The predicted molar refractivity (Wildman–Crippen MR) is 148 cm³/mol. The molecule has 9 heteroatoms. The Kier molecular flexibility index (Phi) is 8.83. The number of amides is 2. The van der Waals surface area contributed by atoms with E-state index in [1.54, 1.807) is 12.1 Å². The molecule has 39 heavy (non-hydrogen) atoms. The maximum absolute atomic E-state index is 13.1. The summed E-state index contributed by atoms with van der Waals surface area (Å²) in [5.41, 5.74) is 4.25. The normalized spacial score (nSPS) is 15.6. The van der Waals surface area contributed by atoms with Crippen molar-refractivity contribution >= 4 is 23.5 Å². The zero-order valence-electron chi connectivity index (χ0n) is 22.4. The first-order chi connectivity index (χ1) is 18.6. The molecular weight excluding hydrogens is 498 g/mol. The maximum atomic E-state index is 13.1. The van der Waals surface area contributed by atoms with Crippen LogP contribution in [0.2, 0.25) is 0 Å². The Labute approximate surface area is 228 Å². The summed E-state index contributed by atoms with van der Waals surface area (Å²) >= 11 is 0. The molecule has 0 aliphatic heterocycles. The number of fused-ring (bicyclic) bond motifs is 1. The Morgan fingerprint density at radius 1 is 1.05 bits per heavy atom. The third-order valence-electron chi connectivity index (χ3n) is 6.59. The van der Waals surface area contributed by atoms with Gasteiger partial charge in [0.15, 0.2) is 0 Å². The van der Waals surface area contributed by atoms with Crippen LogP contribution in [-0.2, 0) is 27.8 Å². The number of aryl methyl sites for hydroxylation is 1. The number of rotatable bonds is 8. The summed E-state index contributed by atoms with van der Waals surface area (Å²) in [6.07, 6.45) is 1.74. The Balaban J connectivity index is 1.38. The molecule has 0 fully saturated rings. The number of carbonyl (C=O) groups excluding carboxylic acids is 2. The van der Waals surface area contributed by atoms with Gasteiger partial charge >= 0.3 is 6.09 Å². The number of aliphatic hydroxyl groups excluding tert-OH is 2. The molecule has 4 rings (SSSR count). The topological polar surface area (TPSA) is 130 Å². The first kappa shape index (κ1) is 28.1. The fourth-order valence-corrected chi connectivity index (χ4v) is 4.37. The first-order valence-electron chi connectivity index (χ1n) is 13.0. The lowest BCUT2D eigenvalue weighted by molar-refractivity contribution is -0.120. The van der Waals surface area contributed by atoms with Gasteiger partial charge in [0.05, 0.1) is 6.61 Å². The van der Waals surface area contributed by atoms with Crippen LogP contribution in [0.3, 0.4) is 0 Å². The van der Waals surface area contributed by atoms with E-state index in [1.807, 2.05) is 36.4 Å². The molecule has 9 nitrogen and oxygen atoms in total. The molecule has 2 aromatic carbocycles. The second-order valence-electron chi connectivity index (χ2n) is 10.7. The Bertz CT molecular complexity index is 1320. The van der Waals surface area contributed by atoms with E-state index in [0.29, 0.717) is 17.9 Å². The molecule has 1 aliphatic rings. The van der Waals surface area contributed by atoms with Crippen molar-refractivity contribution in [2.75, 3.05) is 23.8 Å². The highest BCUT2D eigenvalue weighted by Gasteiger charge is 2.25. The van der Waals surface area contributed by atoms with Crippen molar-refractivity contribution in [2.24, 2.45) is 5.92 Å². The second-order valence-corrected chi connectivity index (χ2v) is 10.7. The van der Waals surface area contributed by atoms with Gasteiger partial charge in [-0.1, -0.05) is 39.0 Å². The fourth-order valence-electron chi connectivity index (χ4n) is 4.37. The summed E-state index contributed by atoms with van der Waals surface area (Å²) in [5.74, 6) is 1.15. The number of hydrogen-bond acceptors (Lipinski definition) is 7. The van der Waals surface area contributed by atoms with Crippen LogP contribution in [0, 0.1) is 5.92 Å². The lowest BCUT2D eigenvalue weighted by Gasteiger charge is -2.25. The predicted octanol–water partition coefficient (Wildman–Crippen LogP) is 4.82. The molecule has 0 saturated carbocycles. The minimum absolute atomic E-state index is 0.000265. The van der Waals surface area contributed by atoms with Crippen LogP contribution >= 0.6 is 0 Å². The van der Waals surface area contributed by atoms with E-state index in [1.165, 1.54) is 17.3 Å². The number of pyridine rings is 1. The van der Waals surface area contributed by atoms with E-state index >= 15 is 0 Å². The fraction of sp³-hybridized carbons (Fsp3) is 0.367. The van der Waals surface area contributed by atoms with Gasteiger partial charge in [-0.3, -0.25) is 10.1 Å². The van der Waals surface area contributed by atoms with Crippen molar-refractivity contribution in [1.29, 1.82) is 0 Å². The second kappa shape index (κ2) is 12.3. The molecule has 0 saturated heterocycles. The number of hydrogen-bond donors (Lipinski definition) is 4.